The highest BCUT2D eigenvalue weighted by Gasteiger charge is 2.11. The molecule has 0 aliphatic heterocycles. The predicted molar refractivity (Wildman–Crippen MR) is 71.9 cm³/mol. The summed E-state index contributed by atoms with van der Waals surface area (Å²) in [4.78, 5) is 4.16. The molecule has 0 aliphatic rings. The van der Waals surface area contributed by atoms with Crippen LogP contribution in [0.5, 0.6) is 0 Å². The summed E-state index contributed by atoms with van der Waals surface area (Å²) >= 11 is 0. The summed E-state index contributed by atoms with van der Waals surface area (Å²) < 4.78 is 34.2. The van der Waals surface area contributed by atoms with Gasteiger partial charge < -0.3 is 4.55 Å². The highest BCUT2D eigenvalue weighted by atomic mass is 32.2. The molecule has 2 aromatic carbocycles. The molecule has 96 valence electrons. The third-order valence-electron chi connectivity index (χ3n) is 3.07. The summed E-state index contributed by atoms with van der Waals surface area (Å²) in [5, 5.41) is 1.91. The number of fused-ring (bicyclic) bond motifs is 3. The van der Waals surface area contributed by atoms with Crippen LogP contribution in [-0.4, -0.2) is 18.0 Å². The fraction of sp³-hybridized carbons (Fsp3) is 0.0714. The van der Waals surface area contributed by atoms with Gasteiger partial charge in [0.1, 0.15) is 10.1 Å². The molecule has 0 atom stereocenters. The van der Waals surface area contributed by atoms with Crippen molar-refractivity contribution in [3.05, 3.63) is 48.2 Å². The molecule has 3 aromatic rings. The maximum absolute atomic E-state index is 11.4. The second-order valence-corrected chi connectivity index (χ2v) is 5.75. The Balaban J connectivity index is 2.63. The number of rotatable bonds is 1. The largest absolute Gasteiger partial charge is 0.744 e. The Morgan fingerprint density at radius 2 is 1.68 bits per heavy atom. The molecule has 0 fully saturated rings. The SMILES string of the molecule is Cc1ccc2ccc3cccc(S(=O)(=O)[O-])c3c2n1. The molecule has 0 saturated heterocycles. The van der Waals surface area contributed by atoms with E-state index in [4.69, 9.17) is 0 Å². The average molecular weight is 272 g/mol. The average Bonchev–Trinajstić information content (AvgIpc) is 2.36. The Morgan fingerprint density at radius 3 is 2.42 bits per heavy atom. The van der Waals surface area contributed by atoms with Crippen LogP contribution in [0.2, 0.25) is 0 Å². The van der Waals surface area contributed by atoms with Crippen LogP contribution in [0.3, 0.4) is 0 Å². The van der Waals surface area contributed by atoms with E-state index in [1.54, 1.807) is 18.2 Å². The fourth-order valence-corrected chi connectivity index (χ4v) is 2.94. The molecule has 0 amide bonds. The van der Waals surface area contributed by atoms with Crippen LogP contribution in [0, 0.1) is 6.92 Å². The van der Waals surface area contributed by atoms with Gasteiger partial charge in [-0.2, -0.15) is 0 Å². The third-order valence-corrected chi connectivity index (χ3v) is 3.95. The third kappa shape index (κ3) is 1.97. The summed E-state index contributed by atoms with van der Waals surface area (Å²) in [6.45, 7) is 1.83. The monoisotopic (exact) mass is 272 g/mol. The van der Waals surface area contributed by atoms with Gasteiger partial charge in [-0.1, -0.05) is 30.3 Å². The number of aromatic nitrogens is 1. The van der Waals surface area contributed by atoms with Crippen LogP contribution in [0.15, 0.2) is 47.4 Å². The Hall–Kier alpha value is -1.98. The topological polar surface area (TPSA) is 70.1 Å². The first-order chi connectivity index (χ1) is 8.97. The zero-order valence-corrected chi connectivity index (χ0v) is 10.9. The van der Waals surface area contributed by atoms with Gasteiger partial charge in [0.2, 0.25) is 0 Å². The molecule has 4 nitrogen and oxygen atoms in total. The van der Waals surface area contributed by atoms with E-state index in [1.165, 1.54) is 6.07 Å². The predicted octanol–water partition coefficient (Wildman–Crippen LogP) is 2.60. The highest BCUT2D eigenvalue weighted by Crippen LogP contribution is 2.29. The number of pyridine rings is 1. The van der Waals surface area contributed by atoms with Crippen LogP contribution < -0.4 is 0 Å². The van der Waals surface area contributed by atoms with E-state index in [-0.39, 0.29) is 4.90 Å². The molecule has 5 heteroatoms. The molecule has 3 rings (SSSR count). The lowest BCUT2D eigenvalue weighted by atomic mass is 10.1. The molecule has 1 heterocycles. The van der Waals surface area contributed by atoms with Crippen LogP contribution in [0.1, 0.15) is 5.69 Å². The van der Waals surface area contributed by atoms with Gasteiger partial charge in [-0.05, 0) is 24.4 Å². The lowest BCUT2D eigenvalue weighted by molar-refractivity contribution is 0.464. The van der Waals surface area contributed by atoms with Gasteiger partial charge in [-0.3, -0.25) is 4.98 Å². The number of hydrogen-bond acceptors (Lipinski definition) is 4. The maximum atomic E-state index is 11.4. The summed E-state index contributed by atoms with van der Waals surface area (Å²) in [5.74, 6) is 0. The molecule has 0 spiro atoms. The Bertz CT molecular complexity index is 901. The molecule has 1 aromatic heterocycles. The molecule has 0 N–H and O–H groups in total. The van der Waals surface area contributed by atoms with Gasteiger partial charge in [-0.15, -0.1) is 0 Å². The van der Waals surface area contributed by atoms with Gasteiger partial charge in [0.25, 0.3) is 0 Å². The van der Waals surface area contributed by atoms with Crippen molar-refractivity contribution in [2.45, 2.75) is 11.8 Å². The lowest BCUT2D eigenvalue weighted by Crippen LogP contribution is -2.00. The molecular formula is C14H10NO3S-. The quantitative estimate of drug-likeness (QED) is 0.504. The van der Waals surface area contributed by atoms with Crippen molar-refractivity contribution in [2.75, 3.05) is 0 Å². The van der Waals surface area contributed by atoms with E-state index in [0.717, 1.165) is 11.1 Å². The van der Waals surface area contributed by atoms with Crippen LogP contribution in [0.25, 0.3) is 21.7 Å². The molecule has 0 radical (unpaired) electrons. The Kier molecular flexibility index (Phi) is 2.55. The van der Waals surface area contributed by atoms with Crippen molar-refractivity contribution in [2.24, 2.45) is 0 Å². The van der Waals surface area contributed by atoms with Crippen LogP contribution >= 0.6 is 0 Å². The molecule has 0 saturated carbocycles. The van der Waals surface area contributed by atoms with E-state index in [9.17, 15) is 13.0 Å². The molecule has 0 bridgehead atoms. The van der Waals surface area contributed by atoms with Crippen molar-refractivity contribution in [3.63, 3.8) is 0 Å². The van der Waals surface area contributed by atoms with Crippen LogP contribution in [0.4, 0.5) is 0 Å². The van der Waals surface area contributed by atoms with Crippen molar-refractivity contribution < 1.29 is 13.0 Å². The Labute approximate surface area is 110 Å². The maximum Gasteiger partial charge on any atom is 0.125 e. The van der Waals surface area contributed by atoms with E-state index in [2.05, 4.69) is 4.98 Å². The van der Waals surface area contributed by atoms with Crippen molar-refractivity contribution in [3.8, 4) is 0 Å². The smallest absolute Gasteiger partial charge is 0.125 e. The van der Waals surface area contributed by atoms with E-state index in [1.807, 2.05) is 25.1 Å². The summed E-state index contributed by atoms with van der Waals surface area (Å²) in [7, 11) is -4.52. The summed E-state index contributed by atoms with van der Waals surface area (Å²) in [5.41, 5.74) is 1.32. The minimum atomic E-state index is -4.52. The van der Waals surface area contributed by atoms with Gasteiger partial charge >= 0.3 is 0 Å². The first-order valence-electron chi connectivity index (χ1n) is 5.72. The van der Waals surface area contributed by atoms with Gasteiger partial charge in [0.15, 0.2) is 0 Å². The van der Waals surface area contributed by atoms with Gasteiger partial charge in [0, 0.05) is 16.5 Å². The van der Waals surface area contributed by atoms with Crippen molar-refractivity contribution in [1.29, 1.82) is 0 Å². The zero-order valence-electron chi connectivity index (χ0n) is 10.1. The highest BCUT2D eigenvalue weighted by molar-refractivity contribution is 7.86. The summed E-state index contributed by atoms with van der Waals surface area (Å²) in [6, 6.07) is 12.0. The standard InChI is InChI=1S/C14H11NO3S/c1-9-5-6-11-8-7-10-3-2-4-12(19(16,17)18)13(10)14(11)15-9/h2-8H,1H3,(H,16,17,18)/p-1. The minimum Gasteiger partial charge on any atom is -0.744 e. The molecule has 0 unspecified atom stereocenters. The lowest BCUT2D eigenvalue weighted by Gasteiger charge is -2.12. The van der Waals surface area contributed by atoms with E-state index < -0.39 is 10.1 Å². The second kappa shape index (κ2) is 4.01. The summed E-state index contributed by atoms with van der Waals surface area (Å²) in [6.07, 6.45) is 0. The van der Waals surface area contributed by atoms with E-state index >= 15 is 0 Å². The number of nitrogens with zero attached hydrogens (tertiary/aromatic N) is 1. The zero-order chi connectivity index (χ0) is 13.6. The van der Waals surface area contributed by atoms with Crippen molar-refractivity contribution >= 4 is 31.8 Å². The number of benzene rings is 2. The first kappa shape index (κ1) is 12.1. The number of hydrogen-bond donors (Lipinski definition) is 0. The van der Waals surface area contributed by atoms with Gasteiger partial charge in [-0.25, -0.2) is 8.42 Å². The fourth-order valence-electron chi connectivity index (χ4n) is 2.23. The molecule has 19 heavy (non-hydrogen) atoms. The number of aryl methyl sites for hydroxylation is 1. The van der Waals surface area contributed by atoms with Crippen molar-refractivity contribution in [1.82, 2.24) is 4.98 Å². The minimum absolute atomic E-state index is 0.214. The molecular weight excluding hydrogens is 262 g/mol. The van der Waals surface area contributed by atoms with Crippen LogP contribution in [-0.2, 0) is 10.1 Å². The van der Waals surface area contributed by atoms with E-state index in [0.29, 0.717) is 16.3 Å². The Morgan fingerprint density at radius 1 is 1.00 bits per heavy atom. The molecule has 0 aliphatic carbocycles. The normalized spacial score (nSPS) is 12.1. The van der Waals surface area contributed by atoms with Gasteiger partial charge in [0.05, 0.1) is 10.4 Å². The second-order valence-electron chi connectivity index (χ2n) is 4.40. The first-order valence-corrected chi connectivity index (χ1v) is 7.12.